The van der Waals surface area contributed by atoms with Crippen molar-refractivity contribution in [3.63, 3.8) is 0 Å². The van der Waals surface area contributed by atoms with Crippen LogP contribution in [0.1, 0.15) is 30.4 Å². The third kappa shape index (κ3) is 4.56. The predicted molar refractivity (Wildman–Crippen MR) is 79.3 cm³/mol. The molecule has 0 aliphatic carbocycles. The van der Waals surface area contributed by atoms with Gasteiger partial charge < -0.3 is 5.11 Å². The van der Waals surface area contributed by atoms with Crippen LogP contribution in [0.3, 0.4) is 0 Å². The highest BCUT2D eigenvalue weighted by molar-refractivity contribution is 5.59. The van der Waals surface area contributed by atoms with Crippen LogP contribution in [0.5, 0.6) is 0 Å². The van der Waals surface area contributed by atoms with Crippen molar-refractivity contribution in [1.82, 2.24) is 4.98 Å². The number of benzene rings is 1. The zero-order chi connectivity index (χ0) is 16.0. The number of aliphatic hydroxyl groups is 1. The highest BCUT2D eigenvalue weighted by atomic mass is 19.4. The van der Waals surface area contributed by atoms with Crippen LogP contribution >= 0.6 is 0 Å². The number of hydrogen-bond donors (Lipinski definition) is 1. The van der Waals surface area contributed by atoms with Crippen LogP contribution in [0.25, 0.3) is 11.3 Å². The first kappa shape index (κ1) is 16.5. The van der Waals surface area contributed by atoms with E-state index in [1.165, 1.54) is 12.1 Å². The molecule has 0 amide bonds. The molecule has 0 unspecified atom stereocenters. The number of hydrogen-bond acceptors (Lipinski definition) is 2. The Hall–Kier alpha value is -1.88. The van der Waals surface area contributed by atoms with E-state index in [1.807, 2.05) is 12.1 Å². The lowest BCUT2D eigenvalue weighted by Crippen LogP contribution is -2.04. The minimum atomic E-state index is -4.32. The molecule has 0 atom stereocenters. The summed E-state index contributed by atoms with van der Waals surface area (Å²) in [6, 6.07) is 8.78. The summed E-state index contributed by atoms with van der Waals surface area (Å²) in [6.45, 7) is 0.213. The molecular weight excluding hydrogens is 291 g/mol. The summed E-state index contributed by atoms with van der Waals surface area (Å²) in [5, 5.41) is 8.71. The molecule has 0 spiro atoms. The van der Waals surface area contributed by atoms with E-state index in [0.717, 1.165) is 43.4 Å². The lowest BCUT2D eigenvalue weighted by Gasteiger charge is -2.08. The normalized spacial score (nSPS) is 11.6. The van der Waals surface area contributed by atoms with Crippen LogP contribution in [0.4, 0.5) is 13.2 Å². The van der Waals surface area contributed by atoms with Gasteiger partial charge in [-0.25, -0.2) is 0 Å². The Balaban J connectivity index is 2.01. The molecule has 1 N–H and O–H groups in total. The first-order chi connectivity index (χ1) is 10.5. The standard InChI is InChI=1S/C17H18F3NO/c18-17(19,20)15-8-6-14(7-9-15)16-10-5-13(12-21-16)4-2-1-3-11-22/h5-10,12,22H,1-4,11H2. The second-order valence-electron chi connectivity index (χ2n) is 5.16. The van der Waals surface area contributed by atoms with E-state index < -0.39 is 11.7 Å². The number of alkyl halides is 3. The van der Waals surface area contributed by atoms with E-state index >= 15 is 0 Å². The molecule has 0 bridgehead atoms. The predicted octanol–water partition coefficient (Wildman–Crippen LogP) is 4.47. The number of unbranched alkanes of at least 4 members (excludes halogenated alkanes) is 2. The number of pyridine rings is 1. The zero-order valence-electron chi connectivity index (χ0n) is 12.1. The van der Waals surface area contributed by atoms with Crippen molar-refractivity contribution in [1.29, 1.82) is 0 Å². The third-order valence-corrected chi connectivity index (χ3v) is 3.46. The van der Waals surface area contributed by atoms with Gasteiger partial charge in [-0.1, -0.05) is 24.6 Å². The van der Waals surface area contributed by atoms with Crippen molar-refractivity contribution in [2.45, 2.75) is 31.9 Å². The van der Waals surface area contributed by atoms with E-state index in [-0.39, 0.29) is 6.61 Å². The van der Waals surface area contributed by atoms with Gasteiger partial charge in [0.1, 0.15) is 0 Å². The van der Waals surface area contributed by atoms with Gasteiger partial charge >= 0.3 is 6.18 Å². The summed E-state index contributed by atoms with van der Waals surface area (Å²) in [6.07, 6.45) is 1.09. The van der Waals surface area contributed by atoms with Crippen LogP contribution in [0, 0.1) is 0 Å². The van der Waals surface area contributed by atoms with Crippen molar-refractivity contribution < 1.29 is 18.3 Å². The van der Waals surface area contributed by atoms with Gasteiger partial charge in [0.15, 0.2) is 0 Å². The summed E-state index contributed by atoms with van der Waals surface area (Å²) in [5.41, 5.74) is 1.76. The van der Waals surface area contributed by atoms with Gasteiger partial charge in [0.25, 0.3) is 0 Å². The lowest BCUT2D eigenvalue weighted by atomic mass is 10.1. The molecule has 22 heavy (non-hydrogen) atoms. The molecule has 0 aliphatic heterocycles. The molecule has 1 aromatic carbocycles. The van der Waals surface area contributed by atoms with Gasteiger partial charge in [-0.15, -0.1) is 0 Å². The van der Waals surface area contributed by atoms with E-state index in [9.17, 15) is 13.2 Å². The maximum absolute atomic E-state index is 12.5. The molecule has 0 aliphatic rings. The second-order valence-corrected chi connectivity index (χ2v) is 5.16. The van der Waals surface area contributed by atoms with Gasteiger partial charge in [0.2, 0.25) is 0 Å². The highest BCUT2D eigenvalue weighted by Crippen LogP contribution is 2.30. The van der Waals surface area contributed by atoms with Crippen molar-refractivity contribution >= 4 is 0 Å². The number of halogens is 3. The molecule has 0 saturated carbocycles. The number of rotatable bonds is 6. The highest BCUT2D eigenvalue weighted by Gasteiger charge is 2.29. The van der Waals surface area contributed by atoms with Gasteiger partial charge in [-0.3, -0.25) is 4.98 Å². The summed E-state index contributed by atoms with van der Waals surface area (Å²) in [5.74, 6) is 0. The molecule has 0 fully saturated rings. The Bertz CT molecular complexity index is 576. The summed E-state index contributed by atoms with van der Waals surface area (Å²) in [4.78, 5) is 4.31. The topological polar surface area (TPSA) is 33.1 Å². The molecule has 0 radical (unpaired) electrons. The number of nitrogens with zero attached hydrogens (tertiary/aromatic N) is 1. The third-order valence-electron chi connectivity index (χ3n) is 3.46. The van der Waals surface area contributed by atoms with Gasteiger partial charge in [-0.05, 0) is 43.0 Å². The van der Waals surface area contributed by atoms with Gasteiger partial charge in [-0.2, -0.15) is 13.2 Å². The molecule has 1 aromatic heterocycles. The quantitative estimate of drug-likeness (QED) is 0.799. The number of aryl methyl sites for hydroxylation is 1. The van der Waals surface area contributed by atoms with E-state index in [1.54, 1.807) is 6.20 Å². The van der Waals surface area contributed by atoms with Crippen LogP contribution in [0.2, 0.25) is 0 Å². The van der Waals surface area contributed by atoms with Crippen LogP contribution < -0.4 is 0 Å². The minimum Gasteiger partial charge on any atom is -0.396 e. The van der Waals surface area contributed by atoms with Crippen molar-refractivity contribution in [2.75, 3.05) is 6.61 Å². The van der Waals surface area contributed by atoms with Gasteiger partial charge in [0.05, 0.1) is 11.3 Å². The Morgan fingerprint density at radius 1 is 0.909 bits per heavy atom. The largest absolute Gasteiger partial charge is 0.416 e. The molecule has 2 rings (SSSR count). The molecule has 0 saturated heterocycles. The molecule has 118 valence electrons. The smallest absolute Gasteiger partial charge is 0.396 e. The molecule has 2 nitrogen and oxygen atoms in total. The Kier molecular flexibility index (Phi) is 5.55. The molecular formula is C17H18F3NO. The van der Waals surface area contributed by atoms with Crippen molar-refractivity contribution in [3.05, 3.63) is 53.7 Å². The maximum Gasteiger partial charge on any atom is 0.416 e. The lowest BCUT2D eigenvalue weighted by molar-refractivity contribution is -0.137. The summed E-state index contributed by atoms with van der Waals surface area (Å²) < 4.78 is 37.6. The summed E-state index contributed by atoms with van der Waals surface area (Å²) >= 11 is 0. The van der Waals surface area contributed by atoms with E-state index in [0.29, 0.717) is 11.3 Å². The van der Waals surface area contributed by atoms with Crippen LogP contribution in [-0.4, -0.2) is 16.7 Å². The Morgan fingerprint density at radius 3 is 2.18 bits per heavy atom. The SMILES string of the molecule is OCCCCCc1ccc(-c2ccc(C(F)(F)F)cc2)nc1. The van der Waals surface area contributed by atoms with Crippen molar-refractivity contribution in [2.24, 2.45) is 0 Å². The number of aromatic nitrogens is 1. The number of aliphatic hydroxyl groups excluding tert-OH is 1. The fourth-order valence-electron chi connectivity index (χ4n) is 2.19. The Morgan fingerprint density at radius 2 is 1.64 bits per heavy atom. The summed E-state index contributed by atoms with van der Waals surface area (Å²) in [7, 11) is 0. The molecule has 1 heterocycles. The molecule has 2 aromatic rings. The van der Waals surface area contributed by atoms with E-state index in [4.69, 9.17) is 5.11 Å². The fraction of sp³-hybridized carbons (Fsp3) is 0.353. The first-order valence-electron chi connectivity index (χ1n) is 7.24. The van der Waals surface area contributed by atoms with Gasteiger partial charge in [0, 0.05) is 18.4 Å². The average Bonchev–Trinajstić information content (AvgIpc) is 2.51. The monoisotopic (exact) mass is 309 g/mol. The average molecular weight is 309 g/mol. The molecule has 5 heteroatoms. The minimum absolute atomic E-state index is 0.213. The zero-order valence-corrected chi connectivity index (χ0v) is 12.1. The fourth-order valence-corrected chi connectivity index (χ4v) is 2.19. The van der Waals surface area contributed by atoms with Crippen LogP contribution in [0.15, 0.2) is 42.6 Å². The maximum atomic E-state index is 12.5. The van der Waals surface area contributed by atoms with E-state index in [2.05, 4.69) is 4.98 Å². The van der Waals surface area contributed by atoms with Crippen molar-refractivity contribution in [3.8, 4) is 11.3 Å². The first-order valence-corrected chi connectivity index (χ1v) is 7.24. The Labute approximate surface area is 127 Å². The second kappa shape index (κ2) is 7.40. The van der Waals surface area contributed by atoms with Crippen LogP contribution in [-0.2, 0) is 12.6 Å².